The van der Waals surface area contributed by atoms with Gasteiger partial charge in [0.15, 0.2) is 0 Å². The van der Waals surface area contributed by atoms with Crippen molar-refractivity contribution in [3.63, 3.8) is 0 Å². The molecule has 0 aliphatic carbocycles. The van der Waals surface area contributed by atoms with Crippen LogP contribution in [0.1, 0.15) is 43.8 Å². The number of benzene rings is 2. The van der Waals surface area contributed by atoms with Gasteiger partial charge in [0.1, 0.15) is 0 Å². The van der Waals surface area contributed by atoms with Crippen LogP contribution in [0.25, 0.3) is 0 Å². The van der Waals surface area contributed by atoms with Crippen molar-refractivity contribution in [1.29, 1.82) is 0 Å². The third-order valence-corrected chi connectivity index (χ3v) is 6.83. The molecule has 0 fully saturated rings. The van der Waals surface area contributed by atoms with Crippen molar-refractivity contribution < 1.29 is 23.9 Å². The molecule has 0 N–H and O–H groups in total. The van der Waals surface area contributed by atoms with Crippen LogP contribution >= 0.6 is 11.8 Å². The number of hydrogen-bond donors (Lipinski definition) is 0. The zero-order valence-corrected chi connectivity index (χ0v) is 18.5. The Balaban J connectivity index is 1.71. The average Bonchev–Trinajstić information content (AvgIpc) is 2.78. The van der Waals surface area contributed by atoms with E-state index in [1.807, 2.05) is 37.3 Å². The molecule has 0 aromatic heterocycles. The highest BCUT2D eigenvalue weighted by Gasteiger charge is 2.37. The van der Waals surface area contributed by atoms with Crippen LogP contribution in [0.2, 0.25) is 0 Å². The lowest BCUT2D eigenvalue weighted by atomic mass is 9.83. The molecule has 160 valence electrons. The molecule has 0 bridgehead atoms. The number of aryl methyl sites for hydroxylation is 1. The largest absolute Gasteiger partial charge is 0.465 e. The summed E-state index contributed by atoms with van der Waals surface area (Å²) in [4.78, 5) is 41.8. The third-order valence-electron chi connectivity index (χ3n) is 5.77. The average molecular weight is 438 g/mol. The van der Waals surface area contributed by atoms with Crippen molar-refractivity contribution in [2.24, 2.45) is 0 Å². The predicted octanol–water partition coefficient (Wildman–Crippen LogP) is 3.90. The highest BCUT2D eigenvalue weighted by Crippen LogP contribution is 2.39. The first-order valence-electron chi connectivity index (χ1n) is 9.99. The van der Waals surface area contributed by atoms with Crippen LogP contribution in [0.3, 0.4) is 0 Å². The van der Waals surface area contributed by atoms with Crippen LogP contribution in [0.4, 0.5) is 0 Å². The monoisotopic (exact) mass is 437 g/mol. The van der Waals surface area contributed by atoms with Crippen LogP contribution in [-0.4, -0.2) is 43.0 Å². The number of nitrogens with zero attached hydrogens (tertiary/aromatic N) is 1. The Labute approximate surface area is 185 Å². The van der Waals surface area contributed by atoms with Crippen molar-refractivity contribution >= 4 is 29.6 Å². The summed E-state index contributed by atoms with van der Waals surface area (Å²) < 4.78 is 9.83. The Hall–Kier alpha value is -3.06. The number of thioether (sulfide) groups is 1. The SMILES string of the molecule is COC(=O)c1cc(C)c2c(c1C(=O)OC)CN1C(=O)C=C(Sc3ccccc3)CC1C2. The van der Waals surface area contributed by atoms with Gasteiger partial charge in [-0.3, -0.25) is 4.79 Å². The van der Waals surface area contributed by atoms with E-state index < -0.39 is 11.9 Å². The lowest BCUT2D eigenvalue weighted by molar-refractivity contribution is -0.130. The number of fused-ring (bicyclic) bond motifs is 2. The zero-order valence-electron chi connectivity index (χ0n) is 17.6. The molecule has 1 atom stereocenters. The maximum Gasteiger partial charge on any atom is 0.339 e. The summed E-state index contributed by atoms with van der Waals surface area (Å²) in [5.41, 5.74) is 2.93. The van der Waals surface area contributed by atoms with Gasteiger partial charge < -0.3 is 14.4 Å². The molecule has 0 radical (unpaired) electrons. The minimum absolute atomic E-state index is 0.00406. The summed E-state index contributed by atoms with van der Waals surface area (Å²) in [5.74, 6) is -1.28. The van der Waals surface area contributed by atoms with E-state index in [4.69, 9.17) is 9.47 Å². The Morgan fingerprint density at radius 1 is 1.03 bits per heavy atom. The first-order valence-corrected chi connectivity index (χ1v) is 10.8. The molecular formula is C24H23NO5S. The van der Waals surface area contributed by atoms with Gasteiger partial charge in [0, 0.05) is 23.6 Å². The Bertz CT molecular complexity index is 1090. The number of amides is 1. The number of esters is 2. The molecule has 2 heterocycles. The minimum Gasteiger partial charge on any atom is -0.465 e. The van der Waals surface area contributed by atoms with Crippen LogP contribution in [0.15, 0.2) is 52.3 Å². The van der Waals surface area contributed by atoms with Crippen LogP contribution in [-0.2, 0) is 27.2 Å². The van der Waals surface area contributed by atoms with E-state index in [9.17, 15) is 14.4 Å². The third kappa shape index (κ3) is 3.97. The normalized spacial score (nSPS) is 17.4. The highest BCUT2D eigenvalue weighted by molar-refractivity contribution is 8.03. The van der Waals surface area contributed by atoms with E-state index in [-0.39, 0.29) is 29.6 Å². The zero-order chi connectivity index (χ0) is 22.1. The number of carbonyl (C=O) groups is 3. The Morgan fingerprint density at radius 2 is 1.74 bits per heavy atom. The topological polar surface area (TPSA) is 72.9 Å². The first kappa shape index (κ1) is 21.2. The summed E-state index contributed by atoms with van der Waals surface area (Å²) in [6, 6.07) is 11.7. The lowest BCUT2D eigenvalue weighted by Crippen LogP contribution is -2.47. The molecule has 2 aliphatic rings. The van der Waals surface area contributed by atoms with E-state index in [0.29, 0.717) is 12.0 Å². The second-order valence-corrected chi connectivity index (χ2v) is 8.81. The summed E-state index contributed by atoms with van der Waals surface area (Å²) in [5, 5.41) is 0. The van der Waals surface area contributed by atoms with E-state index in [1.165, 1.54) is 14.2 Å². The fourth-order valence-electron chi connectivity index (χ4n) is 4.30. The highest BCUT2D eigenvalue weighted by atomic mass is 32.2. The molecule has 2 aromatic carbocycles. The second-order valence-electron chi connectivity index (χ2n) is 7.61. The van der Waals surface area contributed by atoms with Crippen molar-refractivity contribution in [1.82, 2.24) is 4.90 Å². The van der Waals surface area contributed by atoms with Gasteiger partial charge in [-0.15, -0.1) is 0 Å². The molecule has 1 unspecified atom stereocenters. The quantitative estimate of drug-likeness (QED) is 0.676. The van der Waals surface area contributed by atoms with Gasteiger partial charge >= 0.3 is 11.9 Å². The van der Waals surface area contributed by atoms with Gasteiger partial charge in [0.05, 0.1) is 25.3 Å². The second kappa shape index (κ2) is 8.59. The molecule has 0 spiro atoms. The summed E-state index contributed by atoms with van der Waals surface area (Å²) >= 11 is 1.61. The molecule has 2 aliphatic heterocycles. The van der Waals surface area contributed by atoms with E-state index in [2.05, 4.69) is 0 Å². The van der Waals surface area contributed by atoms with Gasteiger partial charge in [0.2, 0.25) is 5.91 Å². The smallest absolute Gasteiger partial charge is 0.339 e. The number of hydrogen-bond acceptors (Lipinski definition) is 6. The van der Waals surface area contributed by atoms with Crippen molar-refractivity contribution in [3.05, 3.63) is 75.2 Å². The number of rotatable bonds is 4. The fourth-order valence-corrected chi connectivity index (χ4v) is 5.33. The van der Waals surface area contributed by atoms with Crippen LogP contribution in [0, 0.1) is 6.92 Å². The lowest BCUT2D eigenvalue weighted by Gasteiger charge is -2.40. The van der Waals surface area contributed by atoms with Gasteiger partial charge in [-0.2, -0.15) is 0 Å². The molecular weight excluding hydrogens is 414 g/mol. The molecule has 4 rings (SSSR count). The molecule has 7 heteroatoms. The summed E-state index contributed by atoms with van der Waals surface area (Å²) in [7, 11) is 2.56. The Morgan fingerprint density at radius 3 is 2.42 bits per heavy atom. The van der Waals surface area contributed by atoms with E-state index in [0.717, 1.165) is 27.3 Å². The summed E-state index contributed by atoms with van der Waals surface area (Å²) in [6.07, 6.45) is 3.04. The number of ether oxygens (including phenoxy) is 2. The molecule has 2 aromatic rings. The van der Waals surface area contributed by atoms with Gasteiger partial charge in [-0.25, -0.2) is 9.59 Å². The van der Waals surface area contributed by atoms with Crippen molar-refractivity contribution in [2.75, 3.05) is 14.2 Å². The molecule has 1 amide bonds. The maximum absolute atomic E-state index is 13.0. The van der Waals surface area contributed by atoms with E-state index in [1.54, 1.807) is 28.8 Å². The van der Waals surface area contributed by atoms with Crippen molar-refractivity contribution in [2.45, 2.75) is 37.2 Å². The summed E-state index contributed by atoms with van der Waals surface area (Å²) in [6.45, 7) is 2.18. The van der Waals surface area contributed by atoms with Gasteiger partial charge in [-0.1, -0.05) is 30.0 Å². The predicted molar refractivity (Wildman–Crippen MR) is 117 cm³/mol. The maximum atomic E-state index is 13.0. The number of carbonyl (C=O) groups excluding carboxylic acids is 3. The molecule has 0 saturated heterocycles. The molecule has 0 saturated carbocycles. The number of methoxy groups -OCH3 is 2. The minimum atomic E-state index is -0.601. The first-order chi connectivity index (χ1) is 14.9. The Kier molecular flexibility index (Phi) is 5.87. The molecule has 31 heavy (non-hydrogen) atoms. The van der Waals surface area contributed by atoms with E-state index >= 15 is 0 Å². The van der Waals surface area contributed by atoms with Gasteiger partial charge in [0.25, 0.3) is 0 Å². The van der Waals surface area contributed by atoms with Crippen LogP contribution < -0.4 is 0 Å². The fraction of sp³-hybridized carbons (Fsp3) is 0.292. The van der Waals surface area contributed by atoms with Gasteiger partial charge in [-0.05, 0) is 59.6 Å². The standard InChI is InChI=1S/C24H23NO5S/c1-14-9-19(23(27)29-2)22(24(28)30-3)20-13-25-15(11-18(14)20)10-17(12-21(25)26)31-16-7-5-4-6-8-16/h4-9,12,15H,10-11,13H2,1-3H3. The molecule has 6 nitrogen and oxygen atoms in total. The van der Waals surface area contributed by atoms with Crippen LogP contribution in [0.5, 0.6) is 0 Å². The van der Waals surface area contributed by atoms with Crippen molar-refractivity contribution in [3.8, 4) is 0 Å².